The van der Waals surface area contributed by atoms with Crippen LogP contribution in [0.2, 0.25) is 19.6 Å². The molecule has 0 aromatic heterocycles. The van der Waals surface area contributed by atoms with Gasteiger partial charge >= 0.3 is 62.3 Å². The van der Waals surface area contributed by atoms with Gasteiger partial charge in [0.25, 0.3) is 0 Å². The number of rotatable bonds is 2. The van der Waals surface area contributed by atoms with Gasteiger partial charge < -0.3 is 0 Å². The predicted molar refractivity (Wildman–Crippen MR) is 33.2 cm³/mol. The van der Waals surface area contributed by atoms with Gasteiger partial charge in [-0.1, -0.05) is 0 Å². The van der Waals surface area contributed by atoms with Gasteiger partial charge in [-0.3, -0.25) is 0 Å². The second kappa shape index (κ2) is 3.63. The van der Waals surface area contributed by atoms with E-state index in [-0.39, 0.29) is 0 Å². The summed E-state index contributed by atoms with van der Waals surface area (Å²) in [7, 11) is -1.23. The minimum atomic E-state index is -1.23. The number of hydrogen-bond acceptors (Lipinski definition) is 1. The van der Waals surface area contributed by atoms with Gasteiger partial charge in [0.2, 0.25) is 0 Å². The van der Waals surface area contributed by atoms with Crippen LogP contribution in [-0.4, -0.2) is 14.9 Å². The van der Waals surface area contributed by atoms with E-state index in [2.05, 4.69) is 23.8 Å². The Morgan fingerprint density at radius 2 is 2.00 bits per heavy atom. The van der Waals surface area contributed by atoms with Crippen molar-refractivity contribution in [2.75, 3.05) is 6.61 Å². The molecule has 0 N–H and O–H groups in total. The van der Waals surface area contributed by atoms with Gasteiger partial charge in [-0.15, -0.1) is 0 Å². The van der Waals surface area contributed by atoms with Crippen molar-refractivity contribution >= 4 is 8.32 Å². The first-order valence-corrected chi connectivity index (χ1v) is 7.43. The molecular formula is C5H11OSiW. The van der Waals surface area contributed by atoms with Gasteiger partial charge in [-0.05, 0) is 0 Å². The Balaban J connectivity index is 3.28. The van der Waals surface area contributed by atoms with Crippen molar-refractivity contribution < 1.29 is 23.6 Å². The molecular weight excluding hydrogens is 288 g/mol. The fourth-order valence-electron chi connectivity index (χ4n) is 0.246. The molecule has 0 spiro atoms. The first kappa shape index (κ1) is 8.65. The summed E-state index contributed by atoms with van der Waals surface area (Å²) in [5.41, 5.74) is 0. The maximum atomic E-state index is 5.43. The predicted octanol–water partition coefficient (Wildman–Crippen LogP) is 1.34. The van der Waals surface area contributed by atoms with Crippen molar-refractivity contribution in [2.45, 2.75) is 19.6 Å². The van der Waals surface area contributed by atoms with Crippen molar-refractivity contribution in [3.05, 3.63) is 0 Å². The summed E-state index contributed by atoms with van der Waals surface area (Å²) >= 11 is 1.37. The molecule has 0 fully saturated rings. The van der Waals surface area contributed by atoms with Gasteiger partial charge in [0, 0.05) is 0 Å². The van der Waals surface area contributed by atoms with Crippen molar-refractivity contribution in [3.63, 3.8) is 0 Å². The monoisotopic (exact) mass is 299 g/mol. The third-order valence-corrected chi connectivity index (χ3v) is 2.00. The SMILES string of the molecule is C[Si](C)(C)OC[C]#[W]. The van der Waals surface area contributed by atoms with E-state index in [0.717, 1.165) is 6.61 Å². The molecule has 0 saturated heterocycles. The Morgan fingerprint density at radius 1 is 1.50 bits per heavy atom. The molecule has 0 aliphatic heterocycles. The molecule has 0 aromatic rings. The van der Waals surface area contributed by atoms with E-state index in [9.17, 15) is 0 Å². The summed E-state index contributed by atoms with van der Waals surface area (Å²) in [4.78, 5) is 0. The van der Waals surface area contributed by atoms with Crippen molar-refractivity contribution in [1.82, 2.24) is 0 Å². The third kappa shape index (κ3) is 6.65. The second-order valence-electron chi connectivity index (χ2n) is 2.55. The molecule has 0 heterocycles. The van der Waals surface area contributed by atoms with E-state index in [1.54, 1.807) is 0 Å². The Hall–Kier alpha value is 0.645. The van der Waals surface area contributed by atoms with Crippen LogP contribution in [0.25, 0.3) is 0 Å². The average Bonchev–Trinajstić information content (AvgIpc) is 1.59. The Bertz CT molecular complexity index is 100.0. The van der Waals surface area contributed by atoms with Gasteiger partial charge in [0.1, 0.15) is 0 Å². The molecule has 0 rings (SSSR count). The van der Waals surface area contributed by atoms with Crippen LogP contribution in [0.15, 0.2) is 0 Å². The van der Waals surface area contributed by atoms with Crippen LogP contribution in [0.4, 0.5) is 0 Å². The summed E-state index contributed by atoms with van der Waals surface area (Å²) in [6.07, 6.45) is 0. The van der Waals surface area contributed by atoms with Crippen LogP contribution in [-0.2, 0) is 23.6 Å². The van der Waals surface area contributed by atoms with Gasteiger partial charge in [0.05, 0.1) is 0 Å². The quantitative estimate of drug-likeness (QED) is 0.699. The first-order chi connectivity index (χ1) is 3.56. The zero-order valence-electron chi connectivity index (χ0n) is 5.52. The summed E-state index contributed by atoms with van der Waals surface area (Å²) in [5.74, 6) is 0. The molecule has 0 aliphatic rings. The first-order valence-electron chi connectivity index (χ1n) is 2.55. The number of hydrogen-bond donors (Lipinski definition) is 0. The van der Waals surface area contributed by atoms with Crippen LogP contribution in [0.1, 0.15) is 0 Å². The van der Waals surface area contributed by atoms with Crippen molar-refractivity contribution in [3.8, 4) is 4.20 Å². The maximum absolute atomic E-state index is 5.43. The Labute approximate surface area is 62.6 Å². The zero-order chi connectivity index (χ0) is 6.62. The Morgan fingerprint density at radius 3 is 2.12 bits per heavy atom. The van der Waals surface area contributed by atoms with Crippen LogP contribution < -0.4 is 0 Å². The fraction of sp³-hybridized carbons (Fsp3) is 0.800. The normalized spacial score (nSPS) is 10.8. The zero-order valence-corrected chi connectivity index (χ0v) is 9.46. The van der Waals surface area contributed by atoms with Gasteiger partial charge in [0.15, 0.2) is 0 Å². The van der Waals surface area contributed by atoms with E-state index in [4.69, 9.17) is 4.43 Å². The molecule has 0 aromatic carbocycles. The molecule has 0 aliphatic carbocycles. The molecule has 8 heavy (non-hydrogen) atoms. The van der Waals surface area contributed by atoms with Crippen LogP contribution in [0, 0.1) is 4.20 Å². The third-order valence-electron chi connectivity index (χ3n) is 0.564. The van der Waals surface area contributed by atoms with E-state index >= 15 is 0 Å². The van der Waals surface area contributed by atoms with Crippen LogP contribution in [0.3, 0.4) is 0 Å². The molecule has 3 heteroatoms. The van der Waals surface area contributed by atoms with Gasteiger partial charge in [-0.2, -0.15) is 0 Å². The molecule has 0 radical (unpaired) electrons. The molecule has 0 amide bonds. The summed E-state index contributed by atoms with van der Waals surface area (Å²) < 4.78 is 8.45. The summed E-state index contributed by atoms with van der Waals surface area (Å²) in [6.45, 7) is 7.27. The molecule has 0 bridgehead atoms. The van der Waals surface area contributed by atoms with Crippen LogP contribution in [0.5, 0.6) is 0 Å². The fourth-order valence-corrected chi connectivity index (χ4v) is 1.37. The van der Waals surface area contributed by atoms with Crippen molar-refractivity contribution in [1.29, 1.82) is 0 Å². The van der Waals surface area contributed by atoms with E-state index in [1.807, 2.05) is 0 Å². The molecule has 0 atom stereocenters. The Kier molecular flexibility index (Phi) is 3.92. The second-order valence-corrected chi connectivity index (χ2v) is 8.10. The summed E-state index contributed by atoms with van der Waals surface area (Å²) in [6, 6.07) is 0. The topological polar surface area (TPSA) is 9.23 Å². The average molecular weight is 299 g/mol. The molecule has 47 valence electrons. The van der Waals surface area contributed by atoms with E-state index in [1.165, 1.54) is 19.2 Å². The molecule has 0 unspecified atom stereocenters. The molecule has 1 nitrogen and oxygen atoms in total. The van der Waals surface area contributed by atoms with Crippen LogP contribution >= 0.6 is 0 Å². The molecule has 0 saturated carbocycles. The minimum absolute atomic E-state index is 0.727. The van der Waals surface area contributed by atoms with E-state index < -0.39 is 8.32 Å². The van der Waals surface area contributed by atoms with E-state index in [0.29, 0.717) is 0 Å². The summed E-state index contributed by atoms with van der Waals surface area (Å²) in [5, 5.41) is 0. The van der Waals surface area contributed by atoms with Gasteiger partial charge in [-0.25, -0.2) is 0 Å². The van der Waals surface area contributed by atoms with Crippen molar-refractivity contribution in [2.24, 2.45) is 0 Å². The standard InChI is InChI=1S/C5H11OSi.W/c1-5-6-7(2,3)4;/h5H2,2-4H3;.